The van der Waals surface area contributed by atoms with E-state index in [1.54, 1.807) is 0 Å². The number of nitrogens with zero attached hydrogens (tertiary/aromatic N) is 1. The molecule has 18 heavy (non-hydrogen) atoms. The number of hydrogen-bond donors (Lipinski definition) is 2. The molecular weight excluding hydrogens is 230 g/mol. The summed E-state index contributed by atoms with van der Waals surface area (Å²) in [6.45, 7) is 5.96. The van der Waals surface area contributed by atoms with Crippen LogP contribution < -0.4 is 11.1 Å². The molecule has 1 aliphatic heterocycles. The van der Waals surface area contributed by atoms with Gasteiger partial charge in [0.05, 0.1) is 13.2 Å². The second-order valence-corrected chi connectivity index (χ2v) is 5.36. The van der Waals surface area contributed by atoms with Crippen molar-refractivity contribution in [2.24, 2.45) is 11.7 Å². The molecule has 1 heterocycles. The van der Waals surface area contributed by atoms with Gasteiger partial charge in [0.2, 0.25) is 5.91 Å². The molecule has 2 aliphatic rings. The lowest BCUT2D eigenvalue weighted by Crippen LogP contribution is -2.43. The van der Waals surface area contributed by atoms with E-state index in [-0.39, 0.29) is 11.8 Å². The summed E-state index contributed by atoms with van der Waals surface area (Å²) in [5.74, 6) is -0.0101. The average Bonchev–Trinajstić information content (AvgIpc) is 2.40. The molecule has 0 radical (unpaired) electrons. The monoisotopic (exact) mass is 255 g/mol. The van der Waals surface area contributed by atoms with Gasteiger partial charge in [0, 0.05) is 38.1 Å². The fourth-order valence-electron chi connectivity index (χ4n) is 2.83. The zero-order chi connectivity index (χ0) is 12.8. The van der Waals surface area contributed by atoms with E-state index in [1.807, 2.05) is 0 Å². The Hall–Kier alpha value is -0.650. The maximum absolute atomic E-state index is 11.1. The summed E-state index contributed by atoms with van der Waals surface area (Å²) in [5, 5.41) is 3.59. The number of morpholine rings is 1. The number of carbonyl (C=O) groups is 1. The smallest absolute Gasteiger partial charge is 0.220 e. The predicted molar refractivity (Wildman–Crippen MR) is 70.2 cm³/mol. The molecule has 0 spiro atoms. The van der Waals surface area contributed by atoms with Gasteiger partial charge < -0.3 is 15.8 Å². The summed E-state index contributed by atoms with van der Waals surface area (Å²) >= 11 is 0. The molecule has 3 N–H and O–H groups in total. The number of amides is 1. The van der Waals surface area contributed by atoms with Crippen molar-refractivity contribution in [3.05, 3.63) is 0 Å². The Kier molecular flexibility index (Phi) is 5.41. The largest absolute Gasteiger partial charge is 0.379 e. The third-order valence-corrected chi connectivity index (χ3v) is 4.09. The highest BCUT2D eigenvalue weighted by Gasteiger charge is 2.24. The minimum Gasteiger partial charge on any atom is -0.379 e. The fraction of sp³-hybridized carbons (Fsp3) is 0.923. The van der Waals surface area contributed by atoms with Gasteiger partial charge in [-0.25, -0.2) is 0 Å². The van der Waals surface area contributed by atoms with Crippen molar-refractivity contribution in [1.82, 2.24) is 10.2 Å². The molecule has 0 atom stereocenters. The van der Waals surface area contributed by atoms with Crippen molar-refractivity contribution in [3.8, 4) is 0 Å². The minimum absolute atomic E-state index is 0.113. The number of rotatable bonds is 5. The van der Waals surface area contributed by atoms with Crippen molar-refractivity contribution in [2.45, 2.75) is 31.7 Å². The predicted octanol–water partition coefficient (Wildman–Crippen LogP) is -0.0477. The van der Waals surface area contributed by atoms with Crippen LogP contribution in [-0.4, -0.2) is 56.2 Å². The number of nitrogens with two attached hydrogens (primary N) is 1. The Morgan fingerprint density at radius 1 is 1.22 bits per heavy atom. The van der Waals surface area contributed by atoms with E-state index in [0.29, 0.717) is 6.04 Å². The number of ether oxygens (including phenoxy) is 1. The maximum atomic E-state index is 11.1. The molecular formula is C13H25N3O2. The zero-order valence-electron chi connectivity index (χ0n) is 11.1. The highest BCUT2D eigenvalue weighted by Crippen LogP contribution is 2.23. The summed E-state index contributed by atoms with van der Waals surface area (Å²) in [6.07, 6.45) is 4.06. The first kappa shape index (κ1) is 13.8. The lowest BCUT2D eigenvalue weighted by Gasteiger charge is -2.30. The molecule has 1 saturated heterocycles. The summed E-state index contributed by atoms with van der Waals surface area (Å²) in [5.41, 5.74) is 5.33. The molecule has 0 unspecified atom stereocenters. The molecule has 1 aliphatic carbocycles. The lowest BCUT2D eigenvalue weighted by atomic mass is 9.85. The fourth-order valence-corrected chi connectivity index (χ4v) is 2.83. The molecule has 0 bridgehead atoms. The van der Waals surface area contributed by atoms with Crippen molar-refractivity contribution >= 4 is 5.91 Å². The number of nitrogens with one attached hydrogen (secondary N) is 1. The Labute approximate surface area is 109 Å². The van der Waals surface area contributed by atoms with E-state index in [2.05, 4.69) is 10.2 Å². The minimum atomic E-state index is -0.123. The molecule has 5 nitrogen and oxygen atoms in total. The highest BCUT2D eigenvalue weighted by atomic mass is 16.5. The molecule has 2 rings (SSSR count). The van der Waals surface area contributed by atoms with Gasteiger partial charge in [-0.3, -0.25) is 9.69 Å². The van der Waals surface area contributed by atoms with Gasteiger partial charge in [-0.2, -0.15) is 0 Å². The summed E-state index contributed by atoms with van der Waals surface area (Å²) in [7, 11) is 0. The molecule has 2 fully saturated rings. The SMILES string of the molecule is NC(=O)C1CCC(NCCN2CCOCC2)CC1. The van der Waals surface area contributed by atoms with Crippen LogP contribution >= 0.6 is 0 Å². The van der Waals surface area contributed by atoms with Crippen LogP contribution in [-0.2, 0) is 9.53 Å². The Balaban J connectivity index is 1.56. The second-order valence-electron chi connectivity index (χ2n) is 5.36. The van der Waals surface area contributed by atoms with Crippen LogP contribution in [0, 0.1) is 5.92 Å². The van der Waals surface area contributed by atoms with Crippen molar-refractivity contribution < 1.29 is 9.53 Å². The molecule has 1 amide bonds. The van der Waals surface area contributed by atoms with Crippen molar-refractivity contribution in [2.75, 3.05) is 39.4 Å². The lowest BCUT2D eigenvalue weighted by molar-refractivity contribution is -0.122. The third-order valence-electron chi connectivity index (χ3n) is 4.09. The Bertz CT molecular complexity index is 259. The topological polar surface area (TPSA) is 67.6 Å². The van der Waals surface area contributed by atoms with E-state index >= 15 is 0 Å². The van der Waals surface area contributed by atoms with Gasteiger partial charge in [0.25, 0.3) is 0 Å². The molecule has 104 valence electrons. The zero-order valence-corrected chi connectivity index (χ0v) is 11.1. The van der Waals surface area contributed by atoms with E-state index in [1.165, 1.54) is 0 Å². The summed E-state index contributed by atoms with van der Waals surface area (Å²) in [4.78, 5) is 13.5. The van der Waals surface area contributed by atoms with Gasteiger partial charge in [-0.15, -0.1) is 0 Å². The summed E-state index contributed by atoms with van der Waals surface area (Å²) in [6, 6.07) is 0.571. The van der Waals surface area contributed by atoms with Crippen LogP contribution in [0.1, 0.15) is 25.7 Å². The average molecular weight is 255 g/mol. The highest BCUT2D eigenvalue weighted by molar-refractivity contribution is 5.76. The third kappa shape index (κ3) is 4.23. The van der Waals surface area contributed by atoms with E-state index in [9.17, 15) is 4.79 Å². The van der Waals surface area contributed by atoms with Crippen LogP contribution in [0.15, 0.2) is 0 Å². The first-order valence-electron chi connectivity index (χ1n) is 7.08. The summed E-state index contributed by atoms with van der Waals surface area (Å²) < 4.78 is 5.32. The molecule has 0 aromatic carbocycles. The van der Waals surface area contributed by atoms with Gasteiger partial charge in [0.15, 0.2) is 0 Å². The van der Waals surface area contributed by atoms with Crippen LogP contribution in [0.5, 0.6) is 0 Å². The maximum Gasteiger partial charge on any atom is 0.220 e. The van der Waals surface area contributed by atoms with Gasteiger partial charge in [0.1, 0.15) is 0 Å². The van der Waals surface area contributed by atoms with Crippen LogP contribution in [0.2, 0.25) is 0 Å². The molecule has 1 saturated carbocycles. The normalized spacial score (nSPS) is 30.2. The quantitative estimate of drug-likeness (QED) is 0.723. The van der Waals surface area contributed by atoms with Crippen LogP contribution in [0.25, 0.3) is 0 Å². The van der Waals surface area contributed by atoms with Crippen LogP contribution in [0.3, 0.4) is 0 Å². The standard InChI is InChI=1S/C13H25N3O2/c14-13(17)11-1-3-12(4-2-11)15-5-6-16-7-9-18-10-8-16/h11-12,15H,1-10H2,(H2,14,17). The van der Waals surface area contributed by atoms with Gasteiger partial charge in [-0.1, -0.05) is 0 Å². The van der Waals surface area contributed by atoms with Gasteiger partial charge >= 0.3 is 0 Å². The first-order chi connectivity index (χ1) is 8.75. The molecule has 0 aromatic rings. The number of primary amides is 1. The Morgan fingerprint density at radius 3 is 2.50 bits per heavy atom. The molecule has 5 heteroatoms. The van der Waals surface area contributed by atoms with E-state index in [0.717, 1.165) is 65.1 Å². The second kappa shape index (κ2) is 7.07. The number of carbonyl (C=O) groups excluding carboxylic acids is 1. The van der Waals surface area contributed by atoms with E-state index in [4.69, 9.17) is 10.5 Å². The molecule has 0 aromatic heterocycles. The van der Waals surface area contributed by atoms with Crippen LogP contribution in [0.4, 0.5) is 0 Å². The number of hydrogen-bond acceptors (Lipinski definition) is 4. The Morgan fingerprint density at radius 2 is 1.89 bits per heavy atom. The van der Waals surface area contributed by atoms with E-state index < -0.39 is 0 Å². The van der Waals surface area contributed by atoms with Gasteiger partial charge in [-0.05, 0) is 25.7 Å². The van der Waals surface area contributed by atoms with Crippen molar-refractivity contribution in [1.29, 1.82) is 0 Å². The van der Waals surface area contributed by atoms with Crippen molar-refractivity contribution in [3.63, 3.8) is 0 Å². The first-order valence-corrected chi connectivity index (χ1v) is 7.08.